The summed E-state index contributed by atoms with van der Waals surface area (Å²) in [6.45, 7) is 6.10. The molecule has 21 heavy (non-hydrogen) atoms. The molecule has 0 bridgehead atoms. The summed E-state index contributed by atoms with van der Waals surface area (Å²) in [5.74, 6) is 1.04. The summed E-state index contributed by atoms with van der Waals surface area (Å²) in [6.07, 6.45) is 4.51. The van der Waals surface area contributed by atoms with Gasteiger partial charge in [0.15, 0.2) is 0 Å². The molecular weight excluding hydrogens is 266 g/mol. The topological polar surface area (TPSA) is 63.1 Å². The molecule has 2 heterocycles. The highest BCUT2D eigenvalue weighted by Gasteiger charge is 2.22. The molecule has 0 spiro atoms. The number of aromatic nitrogens is 1. The predicted octanol–water partition coefficient (Wildman–Crippen LogP) is 1.66. The predicted molar refractivity (Wildman–Crippen MR) is 84.4 cm³/mol. The highest BCUT2D eigenvalue weighted by atomic mass is 16.1. The standard InChI is InChI=1S/C16H25N3O2/c1-11(13-4-6-17-7-5-13)8-15(20)18-14-10-19(3)16(21)9-12(14)2/h9-11,13,17H,4-8H2,1-3H3,(H,18,20). The Balaban J connectivity index is 1.95. The molecule has 1 aliphatic rings. The third kappa shape index (κ3) is 4.17. The number of nitrogens with zero attached hydrogens (tertiary/aromatic N) is 1. The zero-order valence-corrected chi connectivity index (χ0v) is 13.1. The molecule has 0 aliphatic carbocycles. The first kappa shape index (κ1) is 15.8. The van der Waals surface area contributed by atoms with Crippen molar-refractivity contribution in [1.82, 2.24) is 9.88 Å². The SMILES string of the molecule is Cc1cc(=O)n(C)cc1NC(=O)CC(C)C1CCNCC1. The van der Waals surface area contributed by atoms with Gasteiger partial charge in [0.25, 0.3) is 5.56 Å². The number of aryl methyl sites for hydroxylation is 2. The lowest BCUT2D eigenvalue weighted by Gasteiger charge is -2.28. The van der Waals surface area contributed by atoms with E-state index in [2.05, 4.69) is 17.6 Å². The Kier molecular flexibility index (Phi) is 5.17. The Morgan fingerprint density at radius 1 is 1.48 bits per heavy atom. The number of anilines is 1. The third-order valence-corrected chi connectivity index (χ3v) is 4.41. The molecule has 1 amide bonds. The van der Waals surface area contributed by atoms with Crippen LogP contribution in [-0.4, -0.2) is 23.6 Å². The largest absolute Gasteiger partial charge is 0.325 e. The number of hydrogen-bond donors (Lipinski definition) is 2. The number of amides is 1. The molecule has 1 unspecified atom stereocenters. The van der Waals surface area contributed by atoms with Gasteiger partial charge in [0.1, 0.15) is 0 Å². The van der Waals surface area contributed by atoms with Crippen molar-refractivity contribution in [2.75, 3.05) is 18.4 Å². The van der Waals surface area contributed by atoms with Crippen molar-refractivity contribution in [3.63, 3.8) is 0 Å². The normalized spacial score (nSPS) is 17.5. The molecule has 5 heteroatoms. The maximum absolute atomic E-state index is 12.2. The molecule has 2 N–H and O–H groups in total. The van der Waals surface area contributed by atoms with Crippen molar-refractivity contribution in [2.24, 2.45) is 18.9 Å². The molecular formula is C16H25N3O2. The van der Waals surface area contributed by atoms with Crippen LogP contribution in [0, 0.1) is 18.8 Å². The molecule has 0 radical (unpaired) electrons. The van der Waals surface area contributed by atoms with Gasteiger partial charge >= 0.3 is 0 Å². The van der Waals surface area contributed by atoms with Crippen molar-refractivity contribution in [1.29, 1.82) is 0 Å². The molecule has 1 atom stereocenters. The number of pyridine rings is 1. The average Bonchev–Trinajstić information content (AvgIpc) is 2.45. The highest BCUT2D eigenvalue weighted by Crippen LogP contribution is 2.24. The first-order valence-corrected chi connectivity index (χ1v) is 7.65. The quantitative estimate of drug-likeness (QED) is 0.887. The van der Waals surface area contributed by atoms with Crippen molar-refractivity contribution in [3.8, 4) is 0 Å². The van der Waals surface area contributed by atoms with E-state index in [1.807, 2.05) is 6.92 Å². The molecule has 5 nitrogen and oxygen atoms in total. The van der Waals surface area contributed by atoms with Gasteiger partial charge in [0.2, 0.25) is 5.91 Å². The van der Waals surface area contributed by atoms with Gasteiger partial charge in [-0.15, -0.1) is 0 Å². The van der Waals surface area contributed by atoms with Crippen LogP contribution >= 0.6 is 0 Å². The van der Waals surface area contributed by atoms with Crippen LogP contribution in [0.2, 0.25) is 0 Å². The van der Waals surface area contributed by atoms with E-state index in [9.17, 15) is 9.59 Å². The molecule has 0 saturated carbocycles. The van der Waals surface area contributed by atoms with Gasteiger partial charge in [-0.2, -0.15) is 0 Å². The maximum atomic E-state index is 12.2. The summed E-state index contributed by atoms with van der Waals surface area (Å²) < 4.78 is 1.48. The van der Waals surface area contributed by atoms with E-state index >= 15 is 0 Å². The molecule has 1 saturated heterocycles. The second kappa shape index (κ2) is 6.89. The van der Waals surface area contributed by atoms with E-state index in [0.29, 0.717) is 18.3 Å². The zero-order chi connectivity index (χ0) is 15.4. The van der Waals surface area contributed by atoms with E-state index in [1.54, 1.807) is 19.3 Å². The second-order valence-corrected chi connectivity index (χ2v) is 6.14. The lowest BCUT2D eigenvalue weighted by Crippen LogP contribution is -2.32. The van der Waals surface area contributed by atoms with Crippen molar-refractivity contribution >= 4 is 11.6 Å². The average molecular weight is 291 g/mol. The number of nitrogens with one attached hydrogen (secondary N) is 2. The van der Waals surface area contributed by atoms with Crippen LogP contribution in [0.5, 0.6) is 0 Å². The van der Waals surface area contributed by atoms with E-state index in [4.69, 9.17) is 0 Å². The van der Waals surface area contributed by atoms with Gasteiger partial charge in [0, 0.05) is 25.7 Å². The second-order valence-electron chi connectivity index (χ2n) is 6.14. The first-order valence-electron chi connectivity index (χ1n) is 7.65. The Bertz CT molecular complexity index is 559. The summed E-state index contributed by atoms with van der Waals surface area (Å²) in [5.41, 5.74) is 1.47. The van der Waals surface area contributed by atoms with Crippen LogP contribution < -0.4 is 16.2 Å². The highest BCUT2D eigenvalue weighted by molar-refractivity contribution is 5.91. The van der Waals surface area contributed by atoms with Crippen LogP contribution in [0.4, 0.5) is 5.69 Å². The van der Waals surface area contributed by atoms with E-state index in [-0.39, 0.29) is 11.5 Å². The molecule has 116 valence electrons. The van der Waals surface area contributed by atoms with Gasteiger partial charge in [-0.1, -0.05) is 6.92 Å². The fourth-order valence-corrected chi connectivity index (χ4v) is 2.93. The first-order chi connectivity index (χ1) is 9.97. The molecule has 2 rings (SSSR count). The van der Waals surface area contributed by atoms with E-state index in [1.165, 1.54) is 4.57 Å². The van der Waals surface area contributed by atoms with Gasteiger partial charge in [0.05, 0.1) is 5.69 Å². The zero-order valence-electron chi connectivity index (χ0n) is 13.1. The number of hydrogen-bond acceptors (Lipinski definition) is 3. The van der Waals surface area contributed by atoms with Crippen LogP contribution in [-0.2, 0) is 11.8 Å². The minimum atomic E-state index is -0.0615. The van der Waals surface area contributed by atoms with Crippen LogP contribution in [0.25, 0.3) is 0 Å². The fraction of sp³-hybridized carbons (Fsp3) is 0.625. The van der Waals surface area contributed by atoms with Crippen LogP contribution in [0.1, 0.15) is 31.7 Å². The maximum Gasteiger partial charge on any atom is 0.250 e. The number of piperidine rings is 1. The number of rotatable bonds is 4. The minimum Gasteiger partial charge on any atom is -0.325 e. The molecule has 1 aromatic heterocycles. The van der Waals surface area contributed by atoms with Gasteiger partial charge < -0.3 is 15.2 Å². The molecule has 1 fully saturated rings. The number of carbonyl (C=O) groups excluding carboxylic acids is 1. The summed E-state index contributed by atoms with van der Waals surface area (Å²) in [6, 6.07) is 1.55. The lowest BCUT2D eigenvalue weighted by molar-refractivity contribution is -0.117. The molecule has 1 aromatic rings. The Morgan fingerprint density at radius 3 is 2.81 bits per heavy atom. The lowest BCUT2D eigenvalue weighted by atomic mass is 9.84. The van der Waals surface area contributed by atoms with Crippen LogP contribution in [0.3, 0.4) is 0 Å². The number of carbonyl (C=O) groups is 1. The van der Waals surface area contributed by atoms with Gasteiger partial charge in [-0.05, 0) is 50.3 Å². The van der Waals surface area contributed by atoms with Crippen LogP contribution in [0.15, 0.2) is 17.1 Å². The molecule has 1 aliphatic heterocycles. The van der Waals surface area contributed by atoms with Crippen molar-refractivity contribution < 1.29 is 4.79 Å². The van der Waals surface area contributed by atoms with E-state index < -0.39 is 0 Å². The summed E-state index contributed by atoms with van der Waals surface area (Å²) in [4.78, 5) is 23.7. The molecule has 0 aromatic carbocycles. The monoisotopic (exact) mass is 291 g/mol. The minimum absolute atomic E-state index is 0.0304. The Hall–Kier alpha value is -1.62. The van der Waals surface area contributed by atoms with Crippen molar-refractivity contribution in [3.05, 3.63) is 28.2 Å². The van der Waals surface area contributed by atoms with E-state index in [0.717, 1.165) is 37.2 Å². The summed E-state index contributed by atoms with van der Waals surface area (Å²) in [5, 5.41) is 6.28. The summed E-state index contributed by atoms with van der Waals surface area (Å²) in [7, 11) is 1.69. The van der Waals surface area contributed by atoms with Gasteiger partial charge in [-0.25, -0.2) is 0 Å². The Labute approximate surface area is 125 Å². The summed E-state index contributed by atoms with van der Waals surface area (Å²) >= 11 is 0. The fourth-order valence-electron chi connectivity index (χ4n) is 2.93. The smallest absolute Gasteiger partial charge is 0.250 e. The Morgan fingerprint density at radius 2 is 2.14 bits per heavy atom. The van der Waals surface area contributed by atoms with Gasteiger partial charge in [-0.3, -0.25) is 9.59 Å². The third-order valence-electron chi connectivity index (χ3n) is 4.41. The van der Waals surface area contributed by atoms with Crippen molar-refractivity contribution in [2.45, 2.75) is 33.1 Å².